The van der Waals surface area contributed by atoms with Crippen LogP contribution in [-0.4, -0.2) is 12.9 Å². The number of aliphatic imine (C=N–C) groups is 2. The van der Waals surface area contributed by atoms with Crippen molar-refractivity contribution >= 4 is 12.9 Å². The average Bonchev–Trinajstić information content (AvgIpc) is 1.94. The molecule has 0 N–H and O–H groups in total. The van der Waals surface area contributed by atoms with Crippen LogP contribution >= 0.6 is 0 Å². The molecule has 52 valence electrons. The van der Waals surface area contributed by atoms with Crippen LogP contribution in [0.4, 0.5) is 0 Å². The molecule has 0 spiro atoms. The van der Waals surface area contributed by atoms with Gasteiger partial charge >= 0.3 is 0 Å². The minimum absolute atomic E-state index is 1.53. The molecule has 0 bridgehead atoms. The average molecular weight is 126 g/mol. The predicted molar refractivity (Wildman–Crippen MR) is 44.2 cm³/mol. The molecule has 0 aliphatic rings. The lowest BCUT2D eigenvalue weighted by molar-refractivity contribution is 1.49. The maximum absolute atomic E-state index is 3.72. The van der Waals surface area contributed by atoms with Crippen molar-refractivity contribution in [2.24, 2.45) is 9.98 Å². The Hall–Kier alpha value is -0.920. The van der Waals surface area contributed by atoms with Crippen LogP contribution in [0.1, 0.15) is 20.8 Å². The first kappa shape index (κ1) is 11.0. The molecule has 0 rings (SSSR count). The summed E-state index contributed by atoms with van der Waals surface area (Å²) in [6.45, 7) is 9.06. The molecule has 0 unspecified atom stereocenters. The van der Waals surface area contributed by atoms with Gasteiger partial charge in [0.15, 0.2) is 0 Å². The highest BCUT2D eigenvalue weighted by atomic mass is 14.7. The third-order valence-corrected chi connectivity index (χ3v) is 0.407. The van der Waals surface area contributed by atoms with Crippen molar-refractivity contribution in [3.63, 3.8) is 0 Å². The van der Waals surface area contributed by atoms with Crippen LogP contribution in [0, 0.1) is 0 Å². The molecule has 0 heterocycles. The molecule has 0 saturated carbocycles. The number of nitrogens with zero attached hydrogens (tertiary/aromatic N) is 2. The second kappa shape index (κ2) is 15.7. The van der Waals surface area contributed by atoms with E-state index in [-0.39, 0.29) is 0 Å². The molecule has 0 radical (unpaired) electrons. The van der Waals surface area contributed by atoms with Crippen LogP contribution in [-0.2, 0) is 0 Å². The third-order valence-electron chi connectivity index (χ3n) is 0.407. The second-order valence-electron chi connectivity index (χ2n) is 0.888. The van der Waals surface area contributed by atoms with Crippen LogP contribution in [0.5, 0.6) is 0 Å². The lowest BCUT2D eigenvalue weighted by Gasteiger charge is -1.66. The normalized spacial score (nSPS) is 9.22. The Morgan fingerprint density at radius 2 is 1.78 bits per heavy atom. The molecule has 2 nitrogen and oxygen atoms in total. The molecular weight excluding hydrogens is 112 g/mol. The van der Waals surface area contributed by atoms with E-state index in [0.717, 1.165) is 0 Å². The summed E-state index contributed by atoms with van der Waals surface area (Å²) >= 11 is 0. The lowest BCUT2D eigenvalue weighted by atomic mass is 10.8. The number of hydrogen-bond donors (Lipinski definition) is 0. The Bertz CT molecular complexity index is 93.1. The van der Waals surface area contributed by atoms with Crippen LogP contribution in [0.15, 0.2) is 22.4 Å². The van der Waals surface area contributed by atoms with Crippen molar-refractivity contribution in [2.45, 2.75) is 20.8 Å². The van der Waals surface area contributed by atoms with Gasteiger partial charge in [-0.15, -0.1) is 0 Å². The van der Waals surface area contributed by atoms with Gasteiger partial charge in [-0.1, -0.05) is 13.8 Å². The van der Waals surface area contributed by atoms with E-state index >= 15 is 0 Å². The highest BCUT2D eigenvalue weighted by Crippen LogP contribution is 1.70. The van der Waals surface area contributed by atoms with Gasteiger partial charge in [-0.25, -0.2) is 0 Å². The summed E-state index contributed by atoms with van der Waals surface area (Å²) in [5.41, 5.74) is 0. The van der Waals surface area contributed by atoms with Gasteiger partial charge in [0.2, 0.25) is 0 Å². The zero-order valence-corrected chi connectivity index (χ0v) is 6.33. The predicted octanol–water partition coefficient (Wildman–Crippen LogP) is 2.28. The van der Waals surface area contributed by atoms with E-state index in [4.69, 9.17) is 0 Å². The summed E-state index contributed by atoms with van der Waals surface area (Å²) in [6.07, 6.45) is 4.79. The summed E-state index contributed by atoms with van der Waals surface area (Å²) < 4.78 is 0. The SMILES string of the molecule is C=N/C=C\N=CC.CC. The smallest absolute Gasteiger partial charge is 0.0446 e. The van der Waals surface area contributed by atoms with E-state index in [0.29, 0.717) is 0 Å². The molecule has 0 saturated heterocycles. The topological polar surface area (TPSA) is 24.7 Å². The summed E-state index contributed by atoms with van der Waals surface area (Å²) in [4.78, 5) is 7.15. The molecule has 0 aliphatic heterocycles. The molecule has 9 heavy (non-hydrogen) atoms. The zero-order chi connectivity index (χ0) is 7.54. The highest BCUT2D eigenvalue weighted by molar-refractivity contribution is 5.54. The second-order valence-corrected chi connectivity index (χ2v) is 0.888. The van der Waals surface area contributed by atoms with Crippen LogP contribution in [0.3, 0.4) is 0 Å². The Kier molecular flexibility index (Phi) is 19.1. The molecule has 0 atom stereocenters. The molecule has 0 fully saturated rings. The largest absolute Gasteiger partial charge is 0.271 e. The van der Waals surface area contributed by atoms with Gasteiger partial charge in [-0.05, 0) is 13.6 Å². The number of hydrogen-bond acceptors (Lipinski definition) is 2. The van der Waals surface area contributed by atoms with Gasteiger partial charge in [-0.2, -0.15) is 0 Å². The Balaban J connectivity index is 0. The van der Waals surface area contributed by atoms with Crippen LogP contribution in [0.25, 0.3) is 0 Å². The van der Waals surface area contributed by atoms with E-state index < -0.39 is 0 Å². The van der Waals surface area contributed by atoms with E-state index in [2.05, 4.69) is 16.7 Å². The first-order valence-corrected chi connectivity index (χ1v) is 3.00. The first-order chi connectivity index (χ1) is 4.41. The van der Waals surface area contributed by atoms with Gasteiger partial charge < -0.3 is 0 Å². The molecule has 2 heteroatoms. The van der Waals surface area contributed by atoms with E-state index in [1.54, 1.807) is 12.4 Å². The van der Waals surface area contributed by atoms with Gasteiger partial charge in [-0.3, -0.25) is 9.98 Å². The maximum Gasteiger partial charge on any atom is 0.0446 e. The summed E-state index contributed by atoms with van der Waals surface area (Å²) in [5.74, 6) is 0. The molecule has 0 amide bonds. The maximum atomic E-state index is 3.72. The molecule has 0 aliphatic carbocycles. The van der Waals surface area contributed by atoms with Crippen molar-refractivity contribution in [1.82, 2.24) is 0 Å². The minimum atomic E-state index is 1.53. The van der Waals surface area contributed by atoms with Gasteiger partial charge in [0.05, 0.1) is 0 Å². The zero-order valence-electron chi connectivity index (χ0n) is 6.33. The Morgan fingerprint density at radius 1 is 1.22 bits per heavy atom. The van der Waals surface area contributed by atoms with Crippen molar-refractivity contribution in [3.05, 3.63) is 12.4 Å². The fraction of sp³-hybridized carbons (Fsp3) is 0.429. The van der Waals surface area contributed by atoms with Crippen LogP contribution < -0.4 is 0 Å². The van der Waals surface area contributed by atoms with Crippen molar-refractivity contribution in [2.75, 3.05) is 0 Å². The Labute approximate surface area is 57.0 Å². The van der Waals surface area contributed by atoms with Crippen molar-refractivity contribution < 1.29 is 0 Å². The molecule has 0 aromatic heterocycles. The minimum Gasteiger partial charge on any atom is -0.271 e. The summed E-state index contributed by atoms with van der Waals surface area (Å²) in [5, 5.41) is 0. The van der Waals surface area contributed by atoms with E-state index in [1.807, 2.05) is 20.8 Å². The third kappa shape index (κ3) is 19.3. The number of rotatable bonds is 2. The standard InChI is InChI=1S/C5H8N2.C2H6/c1-3-7-5-4-6-2;1-2/h3-5H,2H2,1H3;1-2H3/b5-4-,7-3?;. The summed E-state index contributed by atoms with van der Waals surface area (Å²) in [6, 6.07) is 0. The quantitative estimate of drug-likeness (QED) is 0.507. The van der Waals surface area contributed by atoms with Gasteiger partial charge in [0.1, 0.15) is 0 Å². The molecular formula is C7H14N2. The van der Waals surface area contributed by atoms with E-state index in [1.165, 1.54) is 6.20 Å². The van der Waals surface area contributed by atoms with Gasteiger partial charge in [0, 0.05) is 18.6 Å². The monoisotopic (exact) mass is 126 g/mol. The molecule has 0 aromatic rings. The van der Waals surface area contributed by atoms with Gasteiger partial charge in [0.25, 0.3) is 0 Å². The Morgan fingerprint density at radius 3 is 2.11 bits per heavy atom. The van der Waals surface area contributed by atoms with E-state index in [9.17, 15) is 0 Å². The first-order valence-electron chi connectivity index (χ1n) is 3.00. The lowest BCUT2D eigenvalue weighted by Crippen LogP contribution is -1.51. The highest BCUT2D eigenvalue weighted by Gasteiger charge is 1.52. The fourth-order valence-corrected chi connectivity index (χ4v) is 0.172. The van der Waals surface area contributed by atoms with Crippen molar-refractivity contribution in [1.29, 1.82) is 0 Å². The summed E-state index contributed by atoms with van der Waals surface area (Å²) in [7, 11) is 0. The molecule has 0 aromatic carbocycles. The fourth-order valence-electron chi connectivity index (χ4n) is 0.172. The van der Waals surface area contributed by atoms with Crippen LogP contribution in [0.2, 0.25) is 0 Å². The van der Waals surface area contributed by atoms with Crippen molar-refractivity contribution in [3.8, 4) is 0 Å².